The third-order valence-electron chi connectivity index (χ3n) is 3.00. The van der Waals surface area contributed by atoms with Crippen LogP contribution in [-0.2, 0) is 0 Å². The van der Waals surface area contributed by atoms with Gasteiger partial charge in [-0.3, -0.25) is 10.1 Å². The highest BCUT2D eigenvalue weighted by Crippen LogP contribution is 2.14. The Balaban J connectivity index is 1.76. The summed E-state index contributed by atoms with van der Waals surface area (Å²) >= 11 is 0. The number of aromatic nitrogens is 3. The molecule has 0 saturated heterocycles. The molecule has 1 aromatic carbocycles. The Morgan fingerprint density at radius 3 is 2.81 bits per heavy atom. The molecule has 6 nitrogen and oxygen atoms in total. The number of carbonyl (C=O) groups excluding carboxylic acids is 1. The number of benzene rings is 1. The van der Waals surface area contributed by atoms with Gasteiger partial charge in [0.15, 0.2) is 0 Å². The van der Waals surface area contributed by atoms with Crippen LogP contribution in [0.1, 0.15) is 17.4 Å². The number of hydrogen-bond acceptors (Lipinski definition) is 4. The van der Waals surface area contributed by atoms with Gasteiger partial charge in [-0.2, -0.15) is 0 Å². The van der Waals surface area contributed by atoms with Crippen LogP contribution in [0.3, 0.4) is 0 Å². The molecule has 2 aromatic heterocycles. The predicted octanol–water partition coefficient (Wildman–Crippen LogP) is 2.64. The molecule has 3 N–H and O–H groups in total. The molecule has 2 heterocycles. The van der Waals surface area contributed by atoms with Crippen LogP contribution in [0.25, 0.3) is 11.0 Å². The summed E-state index contributed by atoms with van der Waals surface area (Å²) in [6, 6.07) is 11.1. The van der Waals surface area contributed by atoms with E-state index in [0.717, 1.165) is 23.3 Å². The van der Waals surface area contributed by atoms with Crippen molar-refractivity contribution in [2.75, 3.05) is 17.2 Å². The maximum absolute atomic E-state index is 12.1. The number of nitrogens with zero attached hydrogens (tertiary/aromatic N) is 2. The lowest BCUT2D eigenvalue weighted by Crippen LogP contribution is -2.14. The standard InChI is InChI=1S/C15H15N5O/c1-2-16-10-7-8-13(17-9-10)14(21)20-15-18-11-5-3-4-6-12(11)19-15/h3-9,16H,2H2,1H3,(H2,18,19,20,21). The topological polar surface area (TPSA) is 82.7 Å². The third kappa shape index (κ3) is 2.84. The van der Waals surface area contributed by atoms with Crippen molar-refractivity contribution < 1.29 is 4.79 Å². The van der Waals surface area contributed by atoms with Crippen molar-refractivity contribution in [2.24, 2.45) is 0 Å². The Bertz CT molecular complexity index is 730. The number of amides is 1. The monoisotopic (exact) mass is 281 g/mol. The summed E-state index contributed by atoms with van der Waals surface area (Å²) in [7, 11) is 0. The minimum Gasteiger partial charge on any atom is -0.384 e. The van der Waals surface area contributed by atoms with Gasteiger partial charge in [-0.05, 0) is 31.2 Å². The number of nitrogens with one attached hydrogen (secondary N) is 3. The second-order valence-electron chi connectivity index (χ2n) is 4.52. The van der Waals surface area contributed by atoms with Gasteiger partial charge in [-0.1, -0.05) is 12.1 Å². The molecule has 0 unspecified atom stereocenters. The molecule has 0 bridgehead atoms. The van der Waals surface area contributed by atoms with Gasteiger partial charge >= 0.3 is 0 Å². The number of imidazole rings is 1. The van der Waals surface area contributed by atoms with Crippen LogP contribution in [0.5, 0.6) is 0 Å². The van der Waals surface area contributed by atoms with Crippen molar-refractivity contribution in [3.63, 3.8) is 0 Å². The van der Waals surface area contributed by atoms with Gasteiger partial charge in [0.05, 0.1) is 22.9 Å². The Morgan fingerprint density at radius 1 is 1.24 bits per heavy atom. The van der Waals surface area contributed by atoms with Crippen LogP contribution in [-0.4, -0.2) is 27.4 Å². The van der Waals surface area contributed by atoms with Crippen LogP contribution < -0.4 is 10.6 Å². The Labute approximate surface area is 121 Å². The molecule has 0 spiro atoms. The molecule has 0 atom stereocenters. The number of para-hydroxylation sites is 2. The Kier molecular flexibility index (Phi) is 3.51. The first-order valence-corrected chi connectivity index (χ1v) is 6.72. The van der Waals surface area contributed by atoms with Gasteiger partial charge in [-0.25, -0.2) is 9.97 Å². The fraction of sp³-hybridized carbons (Fsp3) is 0.133. The summed E-state index contributed by atoms with van der Waals surface area (Å²) < 4.78 is 0. The molecule has 0 radical (unpaired) electrons. The number of rotatable bonds is 4. The lowest BCUT2D eigenvalue weighted by atomic mass is 10.3. The van der Waals surface area contributed by atoms with E-state index in [2.05, 4.69) is 25.6 Å². The van der Waals surface area contributed by atoms with Crippen molar-refractivity contribution in [3.05, 3.63) is 48.3 Å². The first-order valence-electron chi connectivity index (χ1n) is 6.72. The van der Waals surface area contributed by atoms with Crippen LogP contribution in [0.15, 0.2) is 42.6 Å². The summed E-state index contributed by atoms with van der Waals surface area (Å²) in [5.74, 6) is 0.121. The van der Waals surface area contributed by atoms with Gasteiger partial charge in [-0.15, -0.1) is 0 Å². The fourth-order valence-electron chi connectivity index (χ4n) is 2.02. The van der Waals surface area contributed by atoms with Crippen molar-refractivity contribution in [1.82, 2.24) is 15.0 Å². The SMILES string of the molecule is CCNc1ccc(C(=O)Nc2nc3ccccc3[nH]2)nc1. The van der Waals surface area contributed by atoms with E-state index in [1.165, 1.54) is 0 Å². The Morgan fingerprint density at radius 2 is 2.10 bits per heavy atom. The molecule has 3 aromatic rings. The molecule has 21 heavy (non-hydrogen) atoms. The minimum absolute atomic E-state index is 0.294. The molecule has 6 heteroatoms. The largest absolute Gasteiger partial charge is 0.384 e. The van der Waals surface area contributed by atoms with E-state index in [1.807, 2.05) is 37.3 Å². The summed E-state index contributed by atoms with van der Waals surface area (Å²) in [6.45, 7) is 2.81. The molecule has 0 fully saturated rings. The van der Waals surface area contributed by atoms with Gasteiger partial charge in [0.1, 0.15) is 5.69 Å². The summed E-state index contributed by atoms with van der Waals surface area (Å²) in [6.07, 6.45) is 1.64. The zero-order valence-corrected chi connectivity index (χ0v) is 11.6. The number of aromatic amines is 1. The number of hydrogen-bond donors (Lipinski definition) is 3. The number of anilines is 2. The number of pyridine rings is 1. The number of carbonyl (C=O) groups is 1. The quantitative estimate of drug-likeness (QED) is 0.686. The maximum atomic E-state index is 12.1. The smallest absolute Gasteiger partial charge is 0.276 e. The lowest BCUT2D eigenvalue weighted by molar-refractivity contribution is 0.102. The first-order chi connectivity index (χ1) is 10.3. The normalized spacial score (nSPS) is 10.5. The van der Waals surface area contributed by atoms with E-state index in [0.29, 0.717) is 11.6 Å². The number of H-pyrrole nitrogens is 1. The van der Waals surface area contributed by atoms with E-state index in [9.17, 15) is 4.79 Å². The highest BCUT2D eigenvalue weighted by molar-refractivity contribution is 6.02. The van der Waals surface area contributed by atoms with E-state index >= 15 is 0 Å². The van der Waals surface area contributed by atoms with Gasteiger partial charge in [0, 0.05) is 6.54 Å². The van der Waals surface area contributed by atoms with Gasteiger partial charge in [0.25, 0.3) is 5.91 Å². The molecular weight excluding hydrogens is 266 g/mol. The van der Waals surface area contributed by atoms with Crippen LogP contribution >= 0.6 is 0 Å². The van der Waals surface area contributed by atoms with E-state index in [1.54, 1.807) is 12.3 Å². The predicted molar refractivity (Wildman–Crippen MR) is 82.4 cm³/mol. The zero-order valence-electron chi connectivity index (χ0n) is 11.6. The van der Waals surface area contributed by atoms with Crippen LogP contribution in [0, 0.1) is 0 Å². The highest BCUT2D eigenvalue weighted by Gasteiger charge is 2.10. The van der Waals surface area contributed by atoms with Crippen LogP contribution in [0.2, 0.25) is 0 Å². The molecule has 0 aliphatic rings. The average molecular weight is 281 g/mol. The summed E-state index contributed by atoms with van der Waals surface area (Å²) in [5.41, 5.74) is 2.92. The highest BCUT2D eigenvalue weighted by atomic mass is 16.2. The van der Waals surface area contributed by atoms with Crippen molar-refractivity contribution in [2.45, 2.75) is 6.92 Å². The zero-order chi connectivity index (χ0) is 14.7. The molecule has 106 valence electrons. The second kappa shape index (κ2) is 5.62. The second-order valence-corrected chi connectivity index (χ2v) is 4.52. The molecule has 1 amide bonds. The lowest BCUT2D eigenvalue weighted by Gasteiger charge is -2.04. The molecule has 0 saturated carbocycles. The van der Waals surface area contributed by atoms with E-state index in [4.69, 9.17) is 0 Å². The third-order valence-corrected chi connectivity index (χ3v) is 3.00. The number of fused-ring (bicyclic) bond motifs is 1. The van der Waals surface area contributed by atoms with Crippen molar-refractivity contribution in [1.29, 1.82) is 0 Å². The van der Waals surface area contributed by atoms with Gasteiger partial charge < -0.3 is 10.3 Å². The summed E-state index contributed by atoms with van der Waals surface area (Å²) in [4.78, 5) is 23.6. The molecule has 3 rings (SSSR count). The molecule has 0 aliphatic heterocycles. The van der Waals surface area contributed by atoms with Crippen molar-refractivity contribution in [3.8, 4) is 0 Å². The van der Waals surface area contributed by atoms with Crippen molar-refractivity contribution >= 4 is 28.6 Å². The van der Waals surface area contributed by atoms with Gasteiger partial charge in [0.2, 0.25) is 5.95 Å². The fourth-order valence-corrected chi connectivity index (χ4v) is 2.02. The minimum atomic E-state index is -0.294. The molecule has 0 aliphatic carbocycles. The van der Waals surface area contributed by atoms with E-state index in [-0.39, 0.29) is 5.91 Å². The summed E-state index contributed by atoms with van der Waals surface area (Å²) in [5, 5.41) is 5.84. The van der Waals surface area contributed by atoms with E-state index < -0.39 is 0 Å². The molecular formula is C15H15N5O. The maximum Gasteiger partial charge on any atom is 0.276 e. The average Bonchev–Trinajstić information content (AvgIpc) is 2.90. The Hall–Kier alpha value is -2.89. The van der Waals surface area contributed by atoms with Crippen LogP contribution in [0.4, 0.5) is 11.6 Å². The first kappa shape index (κ1) is 13.1.